The Morgan fingerprint density at radius 1 is 1.00 bits per heavy atom. The van der Waals surface area contributed by atoms with Crippen molar-refractivity contribution in [2.75, 3.05) is 13.2 Å². The fourth-order valence-corrected chi connectivity index (χ4v) is 2.56. The van der Waals surface area contributed by atoms with E-state index < -0.39 is 4.92 Å². The Morgan fingerprint density at radius 2 is 1.78 bits per heavy atom. The van der Waals surface area contributed by atoms with Gasteiger partial charge in [-0.2, -0.15) is 0 Å². The summed E-state index contributed by atoms with van der Waals surface area (Å²) in [6, 6.07) is 11.9. The Hall–Kier alpha value is -3.22. The van der Waals surface area contributed by atoms with E-state index in [2.05, 4.69) is 9.98 Å². The summed E-state index contributed by atoms with van der Waals surface area (Å²) in [4.78, 5) is 19.6. The van der Waals surface area contributed by atoms with Crippen molar-refractivity contribution in [3.05, 3.63) is 68.7 Å². The van der Waals surface area contributed by atoms with Crippen molar-refractivity contribution in [1.29, 1.82) is 0 Å². The minimum atomic E-state index is -0.435. The molecule has 0 radical (unpaired) electrons. The summed E-state index contributed by atoms with van der Waals surface area (Å²) in [5.74, 6) is 0.739. The van der Waals surface area contributed by atoms with Gasteiger partial charge in [0.1, 0.15) is 18.6 Å². The number of hydrogen-bond donors (Lipinski definition) is 0. The van der Waals surface area contributed by atoms with E-state index in [0.717, 1.165) is 0 Å². The summed E-state index contributed by atoms with van der Waals surface area (Å²) < 4.78 is 10.9. The number of benzene rings is 2. The fourth-order valence-electron chi connectivity index (χ4n) is 2.56. The Bertz CT molecular complexity index is 958. The van der Waals surface area contributed by atoms with E-state index in [1.807, 2.05) is 12.1 Å². The van der Waals surface area contributed by atoms with Crippen molar-refractivity contribution in [3.8, 4) is 0 Å². The van der Waals surface area contributed by atoms with Crippen molar-refractivity contribution < 1.29 is 14.4 Å². The predicted molar refractivity (Wildman–Crippen MR) is 81.8 cm³/mol. The topological polar surface area (TPSA) is 86.3 Å². The van der Waals surface area contributed by atoms with Gasteiger partial charge in [-0.05, 0) is 18.2 Å². The molecule has 7 nitrogen and oxygen atoms in total. The monoisotopic (exact) mass is 309 g/mol. The average molecular weight is 309 g/mol. The standard InChI is InChI=1S/C16H11N3O4/c20-19(21)13-7-2-1-4-10(13)15-17-12-6-3-5-11(14(12)18-15)16-22-8-9-23-16/h1-7H,8-9H2. The van der Waals surface area contributed by atoms with Crippen LogP contribution in [0.5, 0.6) is 0 Å². The van der Waals surface area contributed by atoms with Crippen LogP contribution in [0.15, 0.2) is 52.4 Å². The summed E-state index contributed by atoms with van der Waals surface area (Å²) in [5, 5.41) is 12.5. The highest BCUT2D eigenvalue weighted by Gasteiger charge is 2.21. The molecule has 1 saturated heterocycles. The second-order valence-electron chi connectivity index (χ2n) is 4.98. The van der Waals surface area contributed by atoms with Crippen molar-refractivity contribution >= 4 is 23.2 Å². The van der Waals surface area contributed by atoms with Gasteiger partial charge in [0.05, 0.1) is 21.4 Å². The largest absolute Gasteiger partial charge is 0.461 e. The number of aliphatic imine (C=N–C) groups is 1. The van der Waals surface area contributed by atoms with E-state index in [9.17, 15) is 10.1 Å². The predicted octanol–water partition coefficient (Wildman–Crippen LogP) is 1.42. The maximum Gasteiger partial charge on any atom is 0.289 e. The van der Waals surface area contributed by atoms with Gasteiger partial charge >= 0.3 is 0 Å². The lowest BCUT2D eigenvalue weighted by Gasteiger charge is -1.98. The second-order valence-corrected chi connectivity index (χ2v) is 4.98. The van der Waals surface area contributed by atoms with E-state index in [1.54, 1.807) is 24.3 Å². The maximum absolute atomic E-state index is 11.2. The number of ether oxygens (including phenoxy) is 2. The summed E-state index contributed by atoms with van der Waals surface area (Å²) in [5.41, 5.74) is 1.01. The van der Waals surface area contributed by atoms with Crippen LogP contribution in [-0.2, 0) is 9.47 Å². The molecule has 1 fully saturated rings. The zero-order chi connectivity index (χ0) is 15.8. The summed E-state index contributed by atoms with van der Waals surface area (Å²) >= 11 is 0. The van der Waals surface area contributed by atoms with Crippen molar-refractivity contribution in [2.24, 2.45) is 9.98 Å². The van der Waals surface area contributed by atoms with Crippen LogP contribution in [0.25, 0.3) is 5.95 Å². The van der Waals surface area contributed by atoms with Crippen molar-refractivity contribution in [1.82, 2.24) is 0 Å². The molecule has 0 unspecified atom stereocenters. The molecule has 0 N–H and O–H groups in total. The highest BCUT2D eigenvalue weighted by atomic mass is 16.7. The van der Waals surface area contributed by atoms with Gasteiger partial charge in [-0.3, -0.25) is 10.1 Å². The minimum Gasteiger partial charge on any atom is -0.461 e. The number of nitrogens with zero attached hydrogens (tertiary/aromatic N) is 3. The van der Waals surface area contributed by atoms with Crippen molar-refractivity contribution in [3.63, 3.8) is 0 Å². The van der Waals surface area contributed by atoms with E-state index >= 15 is 0 Å². The zero-order valence-corrected chi connectivity index (χ0v) is 11.9. The Kier molecular flexibility index (Phi) is 3.04. The molecule has 2 aromatic rings. The lowest BCUT2D eigenvalue weighted by Crippen LogP contribution is -2.27. The maximum atomic E-state index is 11.2. The third-order valence-corrected chi connectivity index (χ3v) is 3.57. The molecule has 2 aliphatic heterocycles. The lowest BCUT2D eigenvalue weighted by atomic mass is 10.1. The van der Waals surface area contributed by atoms with Gasteiger partial charge in [-0.15, -0.1) is 0 Å². The molecule has 2 aliphatic rings. The molecular weight excluding hydrogens is 298 g/mol. The molecule has 0 amide bonds. The van der Waals surface area contributed by atoms with Crippen LogP contribution < -0.4 is 10.6 Å². The number of amidine groups is 1. The Morgan fingerprint density at radius 3 is 2.57 bits per heavy atom. The highest BCUT2D eigenvalue weighted by molar-refractivity contribution is 6.05. The smallest absolute Gasteiger partial charge is 0.289 e. The molecule has 2 aromatic carbocycles. The van der Waals surface area contributed by atoms with Crippen molar-refractivity contribution in [2.45, 2.75) is 0 Å². The van der Waals surface area contributed by atoms with Crippen LogP contribution in [0.3, 0.4) is 0 Å². The molecule has 114 valence electrons. The van der Waals surface area contributed by atoms with Gasteiger partial charge in [0, 0.05) is 6.07 Å². The first kappa shape index (κ1) is 13.4. The molecule has 2 heterocycles. The van der Waals surface area contributed by atoms with Gasteiger partial charge < -0.3 is 9.47 Å². The van der Waals surface area contributed by atoms with Gasteiger partial charge in [0.25, 0.3) is 11.6 Å². The third-order valence-electron chi connectivity index (χ3n) is 3.57. The van der Waals surface area contributed by atoms with E-state index in [0.29, 0.717) is 46.8 Å². The molecule has 4 rings (SSSR count). The molecule has 0 atom stereocenters. The number of fused-ring (bicyclic) bond motifs is 1. The number of hydrogen-bond acceptors (Lipinski definition) is 6. The van der Waals surface area contributed by atoms with Crippen LogP contribution in [-0.4, -0.2) is 24.0 Å². The van der Waals surface area contributed by atoms with Crippen LogP contribution >= 0.6 is 0 Å². The first-order chi connectivity index (χ1) is 11.2. The lowest BCUT2D eigenvalue weighted by molar-refractivity contribution is -0.385. The quantitative estimate of drug-likeness (QED) is 0.620. The summed E-state index contributed by atoms with van der Waals surface area (Å²) in [6.45, 7) is 0.994. The van der Waals surface area contributed by atoms with Crippen LogP contribution in [0.4, 0.5) is 11.4 Å². The zero-order valence-electron chi connectivity index (χ0n) is 11.9. The molecule has 0 aliphatic carbocycles. The highest BCUT2D eigenvalue weighted by Crippen LogP contribution is 2.22. The summed E-state index contributed by atoms with van der Waals surface area (Å²) in [7, 11) is 0. The first-order valence-corrected chi connectivity index (χ1v) is 7.04. The molecular formula is C16H11N3O4. The number of nitro benzene ring substituents is 1. The Labute approximate surface area is 130 Å². The van der Waals surface area contributed by atoms with E-state index in [-0.39, 0.29) is 5.69 Å². The van der Waals surface area contributed by atoms with E-state index in [1.165, 1.54) is 6.07 Å². The first-order valence-electron chi connectivity index (χ1n) is 7.04. The normalized spacial score (nSPS) is 15.3. The molecule has 7 heteroatoms. The summed E-state index contributed by atoms with van der Waals surface area (Å²) in [6.07, 6.45) is 0. The van der Waals surface area contributed by atoms with Crippen LogP contribution in [0, 0.1) is 10.1 Å². The van der Waals surface area contributed by atoms with Crippen LogP contribution in [0.2, 0.25) is 0 Å². The third kappa shape index (κ3) is 2.22. The van der Waals surface area contributed by atoms with Gasteiger partial charge in [-0.1, -0.05) is 18.2 Å². The SMILES string of the molecule is O=[N+]([O-])c1ccccc1C1=Nc2cccc(=C3OCCO3)c2=N1. The number of para-hydroxylation sites is 2. The molecule has 0 bridgehead atoms. The number of nitro groups is 1. The number of rotatable bonds is 2. The molecule has 23 heavy (non-hydrogen) atoms. The average Bonchev–Trinajstić information content (AvgIpc) is 3.23. The second kappa shape index (κ2) is 5.20. The molecule has 0 saturated carbocycles. The molecule has 0 spiro atoms. The van der Waals surface area contributed by atoms with Gasteiger partial charge in [-0.25, -0.2) is 9.98 Å². The van der Waals surface area contributed by atoms with Gasteiger partial charge in [0.2, 0.25) is 0 Å². The Balaban J connectivity index is 1.91. The fraction of sp³-hybridized carbons (Fsp3) is 0.125. The minimum absolute atomic E-state index is 0.0228. The molecule has 0 aromatic heterocycles. The van der Waals surface area contributed by atoms with Gasteiger partial charge in [0.15, 0.2) is 5.84 Å². The van der Waals surface area contributed by atoms with Crippen LogP contribution in [0.1, 0.15) is 5.56 Å². The van der Waals surface area contributed by atoms with E-state index in [4.69, 9.17) is 9.47 Å².